The summed E-state index contributed by atoms with van der Waals surface area (Å²) in [4.78, 5) is 15.5. The molecule has 0 radical (unpaired) electrons. The number of allylic oxidation sites excluding steroid dienone is 1. The van der Waals surface area contributed by atoms with Crippen molar-refractivity contribution >= 4 is 34.2 Å². The molecule has 1 fully saturated rings. The third kappa shape index (κ3) is 8.23. The summed E-state index contributed by atoms with van der Waals surface area (Å²) in [6.45, 7) is 12.1. The Balaban J connectivity index is 1.69. The number of aryl methyl sites for hydroxylation is 1. The van der Waals surface area contributed by atoms with Crippen molar-refractivity contribution in [3.8, 4) is 5.75 Å². The number of anilines is 1. The van der Waals surface area contributed by atoms with E-state index in [4.69, 9.17) is 16.3 Å². The summed E-state index contributed by atoms with van der Waals surface area (Å²) in [5.41, 5.74) is 3.86. The summed E-state index contributed by atoms with van der Waals surface area (Å²) < 4.78 is 21.5. The van der Waals surface area contributed by atoms with E-state index >= 15 is 0 Å². The number of fused-ring (bicyclic) bond motifs is 1. The average molecular weight is 629 g/mol. The molecule has 2 aromatic rings. The van der Waals surface area contributed by atoms with Crippen molar-refractivity contribution in [2.45, 2.75) is 90.4 Å². The number of nitrogens with one attached hydrogen (secondary N) is 1. The van der Waals surface area contributed by atoms with Gasteiger partial charge in [-0.3, -0.25) is 9.52 Å². The highest BCUT2D eigenvalue weighted by Crippen LogP contribution is 2.45. The van der Waals surface area contributed by atoms with E-state index in [-0.39, 0.29) is 29.1 Å². The van der Waals surface area contributed by atoms with Crippen molar-refractivity contribution in [2.75, 3.05) is 24.6 Å². The van der Waals surface area contributed by atoms with E-state index in [1.165, 1.54) is 11.1 Å². The summed E-state index contributed by atoms with van der Waals surface area (Å²) >= 11 is 6.42. The molecule has 8 heteroatoms. The Morgan fingerprint density at radius 2 is 1.98 bits per heavy atom. The van der Waals surface area contributed by atoms with Crippen LogP contribution in [0.3, 0.4) is 0 Å². The number of carbonyl (C=O) groups excluding carboxylic acids is 1. The van der Waals surface area contributed by atoms with Crippen molar-refractivity contribution in [3.05, 3.63) is 70.3 Å². The maximum atomic E-state index is 13.1. The van der Waals surface area contributed by atoms with Gasteiger partial charge in [-0.25, -0.2) is 4.21 Å². The lowest BCUT2D eigenvalue weighted by Crippen LogP contribution is -2.44. The zero-order valence-electron chi connectivity index (χ0n) is 26.4. The van der Waals surface area contributed by atoms with Crippen LogP contribution in [-0.2, 0) is 17.4 Å². The lowest BCUT2D eigenvalue weighted by atomic mass is 9.64. The monoisotopic (exact) mass is 628 g/mol. The third-order valence-electron chi connectivity index (χ3n) is 9.01. The third-order valence-corrected chi connectivity index (χ3v) is 10.5. The lowest BCUT2D eigenvalue weighted by molar-refractivity contribution is 0.0317. The van der Waals surface area contributed by atoms with E-state index in [0.29, 0.717) is 24.0 Å². The number of hydrogen-bond acceptors (Lipinski definition) is 5. The maximum absolute atomic E-state index is 13.1. The van der Waals surface area contributed by atoms with Gasteiger partial charge in [0, 0.05) is 40.8 Å². The Hall–Kier alpha value is -2.35. The summed E-state index contributed by atoms with van der Waals surface area (Å²) in [7, 11) is -1.46. The zero-order chi connectivity index (χ0) is 31.1. The SMILES string of the molecule is CC/C=C/C(C(O)CC)C1CCC1CN1CC(c2ccc(Cl)cc2CCC)COc2ccc(C(=O)NS(=O)C(C)C)cc21. The molecule has 43 heavy (non-hydrogen) atoms. The molecule has 0 aromatic heterocycles. The first kappa shape index (κ1) is 33.5. The van der Waals surface area contributed by atoms with E-state index in [1.54, 1.807) is 6.07 Å². The number of amides is 1. The Kier molecular flexibility index (Phi) is 12.2. The van der Waals surface area contributed by atoms with Crippen LogP contribution in [0.15, 0.2) is 48.6 Å². The van der Waals surface area contributed by atoms with Crippen molar-refractivity contribution < 1.29 is 18.8 Å². The predicted molar refractivity (Wildman–Crippen MR) is 179 cm³/mol. The van der Waals surface area contributed by atoms with Crippen LogP contribution in [0, 0.1) is 17.8 Å². The molecule has 236 valence electrons. The van der Waals surface area contributed by atoms with Gasteiger partial charge in [-0.2, -0.15) is 0 Å². The van der Waals surface area contributed by atoms with Crippen LogP contribution in [0.5, 0.6) is 5.75 Å². The van der Waals surface area contributed by atoms with Gasteiger partial charge >= 0.3 is 0 Å². The van der Waals surface area contributed by atoms with Gasteiger partial charge in [0.1, 0.15) is 16.7 Å². The fourth-order valence-electron chi connectivity index (χ4n) is 6.46. The molecule has 0 spiro atoms. The fourth-order valence-corrected chi connectivity index (χ4v) is 7.19. The minimum absolute atomic E-state index is 0.118. The highest BCUT2D eigenvalue weighted by atomic mass is 35.5. The van der Waals surface area contributed by atoms with Crippen LogP contribution in [0.4, 0.5) is 5.69 Å². The van der Waals surface area contributed by atoms with Crippen molar-refractivity contribution in [1.29, 1.82) is 0 Å². The van der Waals surface area contributed by atoms with Gasteiger partial charge < -0.3 is 14.7 Å². The first-order chi connectivity index (χ1) is 20.7. The molecule has 1 heterocycles. The molecule has 0 bridgehead atoms. The Morgan fingerprint density at radius 1 is 1.19 bits per heavy atom. The first-order valence-electron chi connectivity index (χ1n) is 16.0. The van der Waals surface area contributed by atoms with Crippen LogP contribution in [0.2, 0.25) is 5.02 Å². The molecule has 1 aliphatic carbocycles. The van der Waals surface area contributed by atoms with Crippen LogP contribution in [0.25, 0.3) is 0 Å². The van der Waals surface area contributed by atoms with Gasteiger partial charge in [-0.1, -0.05) is 57.0 Å². The second kappa shape index (κ2) is 15.6. The van der Waals surface area contributed by atoms with E-state index in [9.17, 15) is 14.1 Å². The highest BCUT2D eigenvalue weighted by molar-refractivity contribution is 7.84. The molecule has 1 saturated carbocycles. The largest absolute Gasteiger partial charge is 0.491 e. The smallest absolute Gasteiger partial charge is 0.263 e. The van der Waals surface area contributed by atoms with E-state index < -0.39 is 11.0 Å². The number of aliphatic hydroxyl groups excluding tert-OH is 1. The molecular weight excluding hydrogens is 580 g/mol. The summed E-state index contributed by atoms with van der Waals surface area (Å²) in [6.07, 6.45) is 9.92. The van der Waals surface area contributed by atoms with Crippen molar-refractivity contribution in [1.82, 2.24) is 4.72 Å². The van der Waals surface area contributed by atoms with Crippen molar-refractivity contribution in [2.24, 2.45) is 17.8 Å². The molecule has 6 atom stereocenters. The van der Waals surface area contributed by atoms with E-state index in [2.05, 4.69) is 54.7 Å². The van der Waals surface area contributed by atoms with Gasteiger partial charge in [0.2, 0.25) is 0 Å². The number of ether oxygens (including phenoxy) is 1. The van der Waals surface area contributed by atoms with Crippen LogP contribution >= 0.6 is 11.6 Å². The van der Waals surface area contributed by atoms with Crippen LogP contribution < -0.4 is 14.4 Å². The number of benzene rings is 2. The molecule has 1 amide bonds. The lowest BCUT2D eigenvalue weighted by Gasteiger charge is -2.45. The quantitative estimate of drug-likeness (QED) is 0.225. The fraction of sp³-hybridized carbons (Fsp3) is 0.571. The summed E-state index contributed by atoms with van der Waals surface area (Å²) in [5, 5.41) is 11.5. The molecule has 4 rings (SSSR count). The topological polar surface area (TPSA) is 78.9 Å². The number of halogens is 1. The summed E-state index contributed by atoms with van der Waals surface area (Å²) in [6, 6.07) is 11.7. The molecule has 2 N–H and O–H groups in total. The van der Waals surface area contributed by atoms with Gasteiger partial charge in [0.25, 0.3) is 5.91 Å². The van der Waals surface area contributed by atoms with Gasteiger partial charge in [-0.05, 0) is 99.2 Å². The minimum Gasteiger partial charge on any atom is -0.491 e. The molecule has 2 aromatic carbocycles. The number of aliphatic hydroxyl groups is 1. The Bertz CT molecular complexity index is 1300. The maximum Gasteiger partial charge on any atom is 0.263 e. The molecule has 0 saturated heterocycles. The number of hydrogen-bond donors (Lipinski definition) is 2. The van der Waals surface area contributed by atoms with Gasteiger partial charge in [0.05, 0.1) is 18.4 Å². The first-order valence-corrected chi connectivity index (χ1v) is 17.6. The standard InChI is InChI=1S/C35H49ClN2O4S/c1-6-9-11-31(33(39)8-3)30-15-12-26(30)20-38-21-27(29-16-14-28(36)18-24(29)10-7-2)22-42-34-17-13-25(19-32(34)38)35(40)37-43(41)23(4)5/h9,11,13-14,16-19,23,26-27,30-31,33,39H,6-8,10,12,15,20-22H2,1-5H3,(H,37,40)/b11-9+. The number of nitrogens with zero attached hydrogens (tertiary/aromatic N) is 1. The number of rotatable bonds is 13. The normalized spacial score (nSPS) is 22.3. The van der Waals surface area contributed by atoms with Crippen molar-refractivity contribution in [3.63, 3.8) is 0 Å². The second-order valence-electron chi connectivity index (χ2n) is 12.4. The molecule has 2 aliphatic rings. The molecule has 1 aliphatic heterocycles. The van der Waals surface area contributed by atoms with Gasteiger partial charge in [0.15, 0.2) is 0 Å². The molecule has 6 unspecified atom stereocenters. The van der Waals surface area contributed by atoms with Crippen LogP contribution in [0.1, 0.15) is 94.1 Å². The average Bonchev–Trinajstić information content (AvgIpc) is 3.16. The zero-order valence-corrected chi connectivity index (χ0v) is 27.9. The highest BCUT2D eigenvalue weighted by Gasteiger charge is 2.40. The second-order valence-corrected chi connectivity index (χ2v) is 14.5. The van der Waals surface area contributed by atoms with E-state index in [1.807, 2.05) is 32.0 Å². The summed E-state index contributed by atoms with van der Waals surface area (Å²) in [5.74, 6) is 1.46. The van der Waals surface area contributed by atoms with Gasteiger partial charge in [-0.15, -0.1) is 0 Å². The minimum atomic E-state index is -1.46. The Morgan fingerprint density at radius 3 is 2.63 bits per heavy atom. The molecule has 6 nitrogen and oxygen atoms in total. The predicted octanol–water partition coefficient (Wildman–Crippen LogP) is 7.46. The molecular formula is C35H49ClN2O4S. The Labute approximate surface area is 265 Å². The van der Waals surface area contributed by atoms with Crippen LogP contribution in [-0.4, -0.2) is 46.3 Å². The number of carbonyl (C=O) groups is 1. The van der Waals surface area contributed by atoms with E-state index in [0.717, 1.165) is 68.1 Å².